The van der Waals surface area contributed by atoms with Crippen LogP contribution in [0.3, 0.4) is 0 Å². The number of hydrogen-bond donors (Lipinski definition) is 2. The van der Waals surface area contributed by atoms with E-state index in [0.29, 0.717) is 30.7 Å². The molecule has 0 aromatic heterocycles. The summed E-state index contributed by atoms with van der Waals surface area (Å²) in [6.45, 7) is 6.08. The molecule has 1 atom stereocenters. The monoisotopic (exact) mass is 293 g/mol. The molecule has 1 rings (SSSR count). The molecule has 0 saturated heterocycles. The molecular weight excluding hydrogens is 270 g/mol. The summed E-state index contributed by atoms with van der Waals surface area (Å²) in [7, 11) is 0. The van der Waals surface area contributed by atoms with Crippen molar-refractivity contribution < 1.29 is 19.4 Å². The minimum absolute atomic E-state index is 0.0949. The van der Waals surface area contributed by atoms with E-state index < -0.39 is 11.9 Å². The first-order chi connectivity index (χ1) is 9.90. The van der Waals surface area contributed by atoms with Crippen molar-refractivity contribution in [2.45, 2.75) is 45.6 Å². The Hall–Kier alpha value is -1.88. The lowest BCUT2D eigenvalue weighted by molar-refractivity contribution is -0.138. The summed E-state index contributed by atoms with van der Waals surface area (Å²) in [6, 6.07) is 6.93. The average Bonchev–Trinajstić information content (AvgIpc) is 2.42. The normalized spacial score (nSPS) is 12.2. The van der Waals surface area contributed by atoms with Gasteiger partial charge in [-0.2, -0.15) is 0 Å². The van der Waals surface area contributed by atoms with E-state index >= 15 is 0 Å². The molecule has 21 heavy (non-hydrogen) atoms. The molecular formula is C16H23NO4. The Balaban J connectivity index is 2.49. The van der Waals surface area contributed by atoms with E-state index in [0.717, 1.165) is 0 Å². The van der Waals surface area contributed by atoms with Crippen molar-refractivity contribution >= 4 is 17.6 Å². The van der Waals surface area contributed by atoms with E-state index in [1.807, 2.05) is 13.8 Å². The fourth-order valence-corrected chi connectivity index (χ4v) is 1.80. The van der Waals surface area contributed by atoms with E-state index in [1.54, 1.807) is 31.2 Å². The van der Waals surface area contributed by atoms with Gasteiger partial charge in [-0.25, -0.2) is 0 Å². The van der Waals surface area contributed by atoms with Crippen LogP contribution in [0.2, 0.25) is 0 Å². The number of carboxylic acids is 1. The maximum atomic E-state index is 11.8. The highest BCUT2D eigenvalue weighted by atomic mass is 16.5. The highest BCUT2D eigenvalue weighted by molar-refractivity contribution is 5.91. The number of carboxylic acid groups (broad SMARTS) is 1. The zero-order chi connectivity index (χ0) is 15.8. The number of aliphatic carboxylic acids is 1. The minimum Gasteiger partial charge on any atom is -0.481 e. The van der Waals surface area contributed by atoms with Crippen LogP contribution in [0, 0.1) is 0 Å². The summed E-state index contributed by atoms with van der Waals surface area (Å²) in [5.74, 6) is -1.58. The largest absolute Gasteiger partial charge is 0.481 e. The number of carbonyl (C=O) groups excluding carboxylic acids is 1. The van der Waals surface area contributed by atoms with E-state index in [9.17, 15) is 9.59 Å². The zero-order valence-corrected chi connectivity index (χ0v) is 12.8. The summed E-state index contributed by atoms with van der Waals surface area (Å²) in [5.41, 5.74) is 1.29. The number of ether oxygens (including phenoxy) is 1. The van der Waals surface area contributed by atoms with Crippen molar-refractivity contribution in [1.29, 1.82) is 0 Å². The van der Waals surface area contributed by atoms with Crippen molar-refractivity contribution in [3.63, 3.8) is 0 Å². The van der Waals surface area contributed by atoms with Gasteiger partial charge in [0.2, 0.25) is 5.91 Å². The third-order valence-corrected chi connectivity index (χ3v) is 3.04. The fraction of sp³-hybridized carbons (Fsp3) is 0.500. The fourth-order valence-electron chi connectivity index (χ4n) is 1.80. The average molecular weight is 293 g/mol. The first kappa shape index (κ1) is 17.2. The van der Waals surface area contributed by atoms with Crippen LogP contribution in [0.1, 0.15) is 45.1 Å². The van der Waals surface area contributed by atoms with E-state index in [-0.39, 0.29) is 12.0 Å². The molecule has 0 aliphatic heterocycles. The van der Waals surface area contributed by atoms with Gasteiger partial charge in [0.15, 0.2) is 0 Å². The minimum atomic E-state index is -0.885. The lowest BCUT2D eigenvalue weighted by Gasteiger charge is -2.10. The van der Waals surface area contributed by atoms with Gasteiger partial charge >= 0.3 is 5.97 Å². The van der Waals surface area contributed by atoms with Crippen molar-refractivity contribution in [1.82, 2.24) is 0 Å². The molecule has 1 aromatic rings. The lowest BCUT2D eigenvalue weighted by atomic mass is 10.0. The molecule has 1 aromatic carbocycles. The van der Waals surface area contributed by atoms with Gasteiger partial charge in [-0.3, -0.25) is 9.59 Å². The van der Waals surface area contributed by atoms with Gasteiger partial charge in [0.1, 0.15) is 0 Å². The molecule has 0 saturated carbocycles. The number of hydrogen-bond acceptors (Lipinski definition) is 3. The van der Waals surface area contributed by atoms with Gasteiger partial charge in [-0.1, -0.05) is 12.1 Å². The number of benzene rings is 1. The molecule has 2 N–H and O–H groups in total. The first-order valence-corrected chi connectivity index (χ1v) is 7.14. The third kappa shape index (κ3) is 6.40. The van der Waals surface area contributed by atoms with Gasteiger partial charge in [-0.15, -0.1) is 0 Å². The molecule has 5 heteroatoms. The molecule has 0 spiro atoms. The zero-order valence-electron chi connectivity index (χ0n) is 12.8. The summed E-state index contributed by atoms with van der Waals surface area (Å²) in [6.07, 6.45) is 1.21. The van der Waals surface area contributed by atoms with Gasteiger partial charge in [-0.05, 0) is 44.9 Å². The molecule has 0 fully saturated rings. The Morgan fingerprint density at radius 2 is 2.00 bits per heavy atom. The van der Waals surface area contributed by atoms with Crippen molar-refractivity contribution in [3.05, 3.63) is 29.8 Å². The van der Waals surface area contributed by atoms with Crippen molar-refractivity contribution in [2.24, 2.45) is 0 Å². The Morgan fingerprint density at radius 1 is 1.29 bits per heavy atom. The van der Waals surface area contributed by atoms with Crippen molar-refractivity contribution in [3.8, 4) is 0 Å². The van der Waals surface area contributed by atoms with E-state index in [4.69, 9.17) is 9.84 Å². The van der Waals surface area contributed by atoms with Crippen LogP contribution in [0.4, 0.5) is 5.69 Å². The smallest absolute Gasteiger partial charge is 0.310 e. The van der Waals surface area contributed by atoms with Crippen molar-refractivity contribution in [2.75, 3.05) is 11.9 Å². The number of nitrogens with one attached hydrogen (secondary N) is 1. The van der Waals surface area contributed by atoms with Gasteiger partial charge in [0.25, 0.3) is 0 Å². The second-order valence-electron chi connectivity index (χ2n) is 5.26. The van der Waals surface area contributed by atoms with Crippen LogP contribution >= 0.6 is 0 Å². The highest BCUT2D eigenvalue weighted by Crippen LogP contribution is 2.19. The Labute approximate surface area is 125 Å². The Morgan fingerprint density at radius 3 is 2.62 bits per heavy atom. The standard InChI is InChI=1S/C16H23NO4/c1-11(2)21-9-5-8-15(18)17-14-7-4-6-13(10-14)12(3)16(19)20/h4,6-7,10-12H,5,8-9H2,1-3H3,(H,17,18)(H,19,20). The molecule has 0 aliphatic rings. The summed E-state index contributed by atoms with van der Waals surface area (Å²) in [4.78, 5) is 22.8. The van der Waals surface area contributed by atoms with E-state index in [1.165, 1.54) is 0 Å². The summed E-state index contributed by atoms with van der Waals surface area (Å²) < 4.78 is 5.37. The quantitative estimate of drug-likeness (QED) is 0.722. The maximum absolute atomic E-state index is 11.8. The third-order valence-electron chi connectivity index (χ3n) is 3.04. The maximum Gasteiger partial charge on any atom is 0.310 e. The number of rotatable bonds is 8. The van der Waals surface area contributed by atoms with Crippen LogP contribution in [0.15, 0.2) is 24.3 Å². The number of anilines is 1. The van der Waals surface area contributed by atoms with Gasteiger partial charge < -0.3 is 15.2 Å². The molecule has 0 radical (unpaired) electrons. The van der Waals surface area contributed by atoms with Gasteiger partial charge in [0, 0.05) is 18.7 Å². The second-order valence-corrected chi connectivity index (χ2v) is 5.26. The molecule has 1 unspecified atom stereocenters. The Bertz CT molecular complexity index is 485. The summed E-state index contributed by atoms with van der Waals surface area (Å²) >= 11 is 0. The number of amides is 1. The molecule has 116 valence electrons. The lowest BCUT2D eigenvalue weighted by Crippen LogP contribution is -2.14. The SMILES string of the molecule is CC(C)OCCCC(=O)Nc1cccc(C(C)C(=O)O)c1. The predicted molar refractivity (Wildman–Crippen MR) is 81.4 cm³/mol. The predicted octanol–water partition coefficient (Wildman–Crippen LogP) is 3.02. The van der Waals surface area contributed by atoms with Gasteiger partial charge in [0.05, 0.1) is 12.0 Å². The number of carbonyl (C=O) groups is 2. The van der Waals surface area contributed by atoms with Crippen LogP contribution in [-0.4, -0.2) is 29.7 Å². The molecule has 0 aliphatic carbocycles. The molecule has 5 nitrogen and oxygen atoms in total. The second kappa shape index (κ2) is 8.42. The van der Waals surface area contributed by atoms with Crippen LogP contribution < -0.4 is 5.32 Å². The summed E-state index contributed by atoms with van der Waals surface area (Å²) in [5, 5.41) is 11.8. The first-order valence-electron chi connectivity index (χ1n) is 7.14. The molecule has 0 bridgehead atoms. The molecule has 1 amide bonds. The highest BCUT2D eigenvalue weighted by Gasteiger charge is 2.14. The van der Waals surface area contributed by atoms with Crippen LogP contribution in [-0.2, 0) is 14.3 Å². The topological polar surface area (TPSA) is 75.6 Å². The van der Waals surface area contributed by atoms with Crippen LogP contribution in [0.5, 0.6) is 0 Å². The van der Waals surface area contributed by atoms with E-state index in [2.05, 4.69) is 5.32 Å². The van der Waals surface area contributed by atoms with Crippen LogP contribution in [0.25, 0.3) is 0 Å². The molecule has 0 heterocycles. The Kier molecular flexibility index (Phi) is 6.88.